The van der Waals surface area contributed by atoms with E-state index in [1.54, 1.807) is 7.11 Å². The van der Waals surface area contributed by atoms with Crippen molar-refractivity contribution >= 4 is 32.7 Å². The first kappa shape index (κ1) is 14.0. The summed E-state index contributed by atoms with van der Waals surface area (Å²) in [6.07, 6.45) is 3.68. The van der Waals surface area contributed by atoms with Gasteiger partial charge in [0, 0.05) is 39.6 Å². The Morgan fingerprint density at radius 2 is 1.80 bits per heavy atom. The Hall–Kier alpha value is -3.40. The quantitative estimate of drug-likeness (QED) is 0.500. The lowest BCUT2D eigenvalue weighted by Gasteiger charge is -2.06. The van der Waals surface area contributed by atoms with Gasteiger partial charge in [0.15, 0.2) is 0 Å². The summed E-state index contributed by atoms with van der Waals surface area (Å²) in [6.45, 7) is 0. The van der Waals surface area contributed by atoms with E-state index in [2.05, 4.69) is 33.2 Å². The van der Waals surface area contributed by atoms with Crippen molar-refractivity contribution < 1.29 is 4.74 Å². The average Bonchev–Trinajstić information content (AvgIpc) is 3.05. The third-order valence-electron chi connectivity index (χ3n) is 4.63. The molecule has 2 aromatic carbocycles. The number of H-pyrrole nitrogens is 1. The average molecular weight is 325 g/mol. The van der Waals surface area contributed by atoms with Gasteiger partial charge in [-0.3, -0.25) is 9.97 Å². The maximum absolute atomic E-state index is 5.38. The molecule has 25 heavy (non-hydrogen) atoms. The third-order valence-corrected chi connectivity index (χ3v) is 4.63. The first-order valence-corrected chi connectivity index (χ1v) is 8.14. The van der Waals surface area contributed by atoms with Crippen LogP contribution in [0.4, 0.5) is 0 Å². The van der Waals surface area contributed by atoms with Gasteiger partial charge in [-0.1, -0.05) is 18.2 Å². The minimum atomic E-state index is 0.848. The number of fused-ring (bicyclic) bond motifs is 4. The van der Waals surface area contributed by atoms with E-state index in [4.69, 9.17) is 4.74 Å². The summed E-state index contributed by atoms with van der Waals surface area (Å²) in [5.41, 5.74) is 5.09. The number of nitrogens with zero attached hydrogens (tertiary/aromatic N) is 2. The second-order valence-corrected chi connectivity index (χ2v) is 5.99. The summed E-state index contributed by atoms with van der Waals surface area (Å²) in [5, 5.41) is 3.37. The van der Waals surface area contributed by atoms with Crippen molar-refractivity contribution in [3.8, 4) is 17.0 Å². The number of nitrogens with one attached hydrogen (secondary N) is 1. The van der Waals surface area contributed by atoms with Crippen LogP contribution in [0.1, 0.15) is 0 Å². The van der Waals surface area contributed by atoms with E-state index in [1.165, 1.54) is 0 Å². The molecule has 0 saturated heterocycles. The second kappa shape index (κ2) is 5.31. The highest BCUT2D eigenvalue weighted by molar-refractivity contribution is 6.13. The van der Waals surface area contributed by atoms with Gasteiger partial charge in [0.1, 0.15) is 5.75 Å². The van der Waals surface area contributed by atoms with Gasteiger partial charge in [0.05, 0.1) is 23.8 Å². The molecular formula is C21H15N3O. The fraction of sp³-hybridized carbons (Fsp3) is 0.0476. The molecule has 1 N–H and O–H groups in total. The largest absolute Gasteiger partial charge is 0.497 e. The molecule has 0 bridgehead atoms. The number of rotatable bonds is 2. The fourth-order valence-corrected chi connectivity index (χ4v) is 3.44. The van der Waals surface area contributed by atoms with Gasteiger partial charge in [-0.05, 0) is 36.4 Å². The number of hydrogen-bond acceptors (Lipinski definition) is 3. The Balaban J connectivity index is 1.87. The van der Waals surface area contributed by atoms with Gasteiger partial charge in [-0.25, -0.2) is 0 Å². The summed E-state index contributed by atoms with van der Waals surface area (Å²) in [7, 11) is 1.69. The van der Waals surface area contributed by atoms with Gasteiger partial charge >= 0.3 is 0 Å². The molecule has 0 amide bonds. The van der Waals surface area contributed by atoms with Crippen molar-refractivity contribution in [2.75, 3.05) is 7.11 Å². The van der Waals surface area contributed by atoms with Crippen LogP contribution in [0.25, 0.3) is 44.0 Å². The number of benzene rings is 2. The van der Waals surface area contributed by atoms with Gasteiger partial charge in [-0.15, -0.1) is 0 Å². The first-order valence-electron chi connectivity index (χ1n) is 8.14. The van der Waals surface area contributed by atoms with Crippen LogP contribution in [-0.2, 0) is 0 Å². The molecule has 4 heteroatoms. The summed E-state index contributed by atoms with van der Waals surface area (Å²) >= 11 is 0. The Morgan fingerprint density at radius 1 is 0.840 bits per heavy atom. The van der Waals surface area contributed by atoms with Crippen LogP contribution < -0.4 is 4.74 Å². The van der Waals surface area contributed by atoms with E-state index in [1.807, 2.05) is 48.8 Å². The molecule has 4 nitrogen and oxygen atoms in total. The van der Waals surface area contributed by atoms with Crippen molar-refractivity contribution in [2.45, 2.75) is 0 Å². The molecule has 0 unspecified atom stereocenters. The van der Waals surface area contributed by atoms with Crippen molar-refractivity contribution in [1.29, 1.82) is 0 Å². The molecule has 0 radical (unpaired) electrons. The van der Waals surface area contributed by atoms with Gasteiger partial charge in [0.2, 0.25) is 0 Å². The summed E-state index contributed by atoms with van der Waals surface area (Å²) in [5.74, 6) is 0.848. The number of hydrogen-bond donors (Lipinski definition) is 1. The fourth-order valence-electron chi connectivity index (χ4n) is 3.44. The normalized spacial score (nSPS) is 11.4. The van der Waals surface area contributed by atoms with E-state index in [0.717, 1.165) is 49.7 Å². The second-order valence-electron chi connectivity index (χ2n) is 5.99. The molecule has 5 rings (SSSR count). The highest BCUT2D eigenvalue weighted by Crippen LogP contribution is 2.35. The number of aromatic nitrogens is 3. The van der Waals surface area contributed by atoms with Crippen LogP contribution in [0.2, 0.25) is 0 Å². The highest BCUT2D eigenvalue weighted by Gasteiger charge is 2.13. The molecule has 0 aliphatic rings. The van der Waals surface area contributed by atoms with Crippen molar-refractivity contribution in [3.05, 3.63) is 67.0 Å². The molecule has 0 saturated carbocycles. The first-order chi connectivity index (χ1) is 12.3. The van der Waals surface area contributed by atoms with E-state index in [-0.39, 0.29) is 0 Å². The third kappa shape index (κ3) is 2.08. The van der Waals surface area contributed by atoms with E-state index in [0.29, 0.717) is 0 Å². The van der Waals surface area contributed by atoms with Gasteiger partial charge in [0.25, 0.3) is 0 Å². The zero-order chi connectivity index (χ0) is 16.8. The zero-order valence-corrected chi connectivity index (χ0v) is 13.7. The maximum Gasteiger partial charge on any atom is 0.119 e. The lowest BCUT2D eigenvalue weighted by molar-refractivity contribution is 0.415. The molecule has 0 spiro atoms. The molecular weight excluding hydrogens is 310 g/mol. The van der Waals surface area contributed by atoms with Gasteiger partial charge < -0.3 is 9.72 Å². The summed E-state index contributed by atoms with van der Waals surface area (Å²) in [6, 6.07) is 18.3. The van der Waals surface area contributed by atoms with E-state index in [9.17, 15) is 0 Å². The Bertz CT molecular complexity index is 1230. The lowest BCUT2D eigenvalue weighted by Crippen LogP contribution is -1.88. The number of methoxy groups -OCH3 is 1. The molecule has 0 aliphatic heterocycles. The number of pyridine rings is 2. The topological polar surface area (TPSA) is 50.8 Å². The summed E-state index contributed by atoms with van der Waals surface area (Å²) in [4.78, 5) is 12.7. The van der Waals surface area contributed by atoms with Crippen LogP contribution in [0, 0.1) is 0 Å². The highest BCUT2D eigenvalue weighted by atomic mass is 16.5. The Kier molecular flexibility index (Phi) is 2.97. The molecule has 5 aromatic rings. The molecule has 0 fully saturated rings. The standard InChI is InChI=1S/C21H15N3O/c1-25-13-7-8-19-17(12-13)16-9-11-23-20(21(16)24-19)15-4-2-6-18-14(15)5-3-10-22-18/h2-12,24H,1H3. The molecule has 0 aliphatic carbocycles. The van der Waals surface area contributed by atoms with Crippen LogP contribution in [0.5, 0.6) is 5.75 Å². The predicted octanol–water partition coefficient (Wildman–Crippen LogP) is 4.94. The van der Waals surface area contributed by atoms with Crippen LogP contribution in [0.3, 0.4) is 0 Å². The monoisotopic (exact) mass is 325 g/mol. The van der Waals surface area contributed by atoms with Crippen LogP contribution in [0.15, 0.2) is 67.0 Å². The Morgan fingerprint density at radius 3 is 2.72 bits per heavy atom. The van der Waals surface area contributed by atoms with Crippen molar-refractivity contribution in [3.63, 3.8) is 0 Å². The molecule has 0 atom stereocenters. The van der Waals surface area contributed by atoms with Crippen molar-refractivity contribution in [2.24, 2.45) is 0 Å². The maximum atomic E-state index is 5.38. The predicted molar refractivity (Wildman–Crippen MR) is 101 cm³/mol. The Labute approximate surface area is 144 Å². The van der Waals surface area contributed by atoms with Gasteiger partial charge in [-0.2, -0.15) is 0 Å². The smallest absolute Gasteiger partial charge is 0.119 e. The molecule has 3 aromatic heterocycles. The lowest BCUT2D eigenvalue weighted by atomic mass is 10.0. The van der Waals surface area contributed by atoms with Crippen LogP contribution in [-0.4, -0.2) is 22.1 Å². The SMILES string of the molecule is COc1ccc2[nH]c3c(-c4cccc5ncccc45)nccc3c2c1. The minimum absolute atomic E-state index is 0.848. The number of aromatic amines is 1. The van der Waals surface area contributed by atoms with E-state index >= 15 is 0 Å². The zero-order valence-electron chi connectivity index (χ0n) is 13.7. The van der Waals surface area contributed by atoms with E-state index < -0.39 is 0 Å². The van der Waals surface area contributed by atoms with Crippen molar-refractivity contribution in [1.82, 2.24) is 15.0 Å². The van der Waals surface area contributed by atoms with Crippen LogP contribution >= 0.6 is 0 Å². The summed E-state index contributed by atoms with van der Waals surface area (Å²) < 4.78 is 5.38. The number of ether oxygens (including phenoxy) is 1. The molecule has 120 valence electrons. The minimum Gasteiger partial charge on any atom is -0.497 e. The molecule has 3 heterocycles.